The van der Waals surface area contributed by atoms with Crippen molar-refractivity contribution in [3.63, 3.8) is 0 Å². The zero-order valence-corrected chi connectivity index (χ0v) is 12.4. The zero-order chi connectivity index (χ0) is 13.2. The van der Waals surface area contributed by atoms with E-state index in [-0.39, 0.29) is 12.0 Å². The predicted molar refractivity (Wildman–Crippen MR) is 77.1 cm³/mol. The molecule has 0 bridgehead atoms. The minimum atomic E-state index is -0.0519. The first-order valence-electron chi connectivity index (χ1n) is 6.98. The third kappa shape index (κ3) is 5.59. The molecule has 0 aromatic rings. The van der Waals surface area contributed by atoms with Gasteiger partial charge in [0.2, 0.25) is 0 Å². The van der Waals surface area contributed by atoms with Gasteiger partial charge in [-0.25, -0.2) is 0 Å². The van der Waals surface area contributed by atoms with Gasteiger partial charge in [-0.05, 0) is 37.8 Å². The normalized spacial score (nSPS) is 19.2. The topological polar surface area (TPSA) is 41.6 Å². The van der Waals surface area contributed by atoms with E-state index in [9.17, 15) is 4.79 Å². The number of hydrogen-bond donors (Lipinski definition) is 1. The van der Waals surface area contributed by atoms with Crippen molar-refractivity contribution in [2.24, 2.45) is 0 Å². The molecule has 1 fully saturated rings. The van der Waals surface area contributed by atoms with E-state index in [1.807, 2.05) is 18.7 Å². The summed E-state index contributed by atoms with van der Waals surface area (Å²) in [6, 6.07) is -0.0519. The first kappa shape index (κ1) is 15.8. The Hall–Kier alpha value is -0.260. The molecule has 0 amide bonds. The molecule has 0 aromatic heterocycles. The monoisotopic (exact) mass is 274 g/mol. The quantitative estimate of drug-likeness (QED) is 0.561. The second kappa shape index (κ2) is 9.64. The standard InChI is InChI=1S/C13H26N2O2S/c1-3-17-13(16)12(6-11-18-4-2)15-9-5-7-14-8-10-15/h12,14H,3-11H2,1-2H3. The summed E-state index contributed by atoms with van der Waals surface area (Å²) in [5.74, 6) is 2.09. The Morgan fingerprint density at radius 3 is 2.94 bits per heavy atom. The first-order valence-corrected chi connectivity index (χ1v) is 8.14. The lowest BCUT2D eigenvalue weighted by Crippen LogP contribution is -2.44. The van der Waals surface area contributed by atoms with Gasteiger partial charge in [-0.3, -0.25) is 9.69 Å². The highest BCUT2D eigenvalue weighted by atomic mass is 32.2. The van der Waals surface area contributed by atoms with E-state index in [4.69, 9.17) is 4.74 Å². The smallest absolute Gasteiger partial charge is 0.323 e. The van der Waals surface area contributed by atoms with E-state index >= 15 is 0 Å². The number of carbonyl (C=O) groups is 1. The van der Waals surface area contributed by atoms with Gasteiger partial charge >= 0.3 is 5.97 Å². The molecule has 0 spiro atoms. The van der Waals surface area contributed by atoms with Gasteiger partial charge in [0.05, 0.1) is 6.61 Å². The van der Waals surface area contributed by atoms with Crippen molar-refractivity contribution in [2.75, 3.05) is 44.3 Å². The lowest BCUT2D eigenvalue weighted by atomic mass is 10.2. The van der Waals surface area contributed by atoms with Crippen LogP contribution in [0.1, 0.15) is 26.7 Å². The van der Waals surface area contributed by atoms with Crippen LogP contribution < -0.4 is 5.32 Å². The summed E-state index contributed by atoms with van der Waals surface area (Å²) >= 11 is 1.89. The average molecular weight is 274 g/mol. The molecule has 5 heteroatoms. The predicted octanol–water partition coefficient (Wildman–Crippen LogP) is 1.36. The maximum Gasteiger partial charge on any atom is 0.323 e. The van der Waals surface area contributed by atoms with Crippen LogP contribution in [-0.2, 0) is 9.53 Å². The van der Waals surface area contributed by atoms with E-state index in [1.54, 1.807) is 0 Å². The SMILES string of the molecule is CCOC(=O)C(CCSCC)N1CCCNCC1. The second-order valence-electron chi connectivity index (χ2n) is 4.39. The minimum Gasteiger partial charge on any atom is -0.465 e. The summed E-state index contributed by atoms with van der Waals surface area (Å²) < 4.78 is 5.22. The molecule has 1 atom stereocenters. The van der Waals surface area contributed by atoms with Crippen molar-refractivity contribution in [3.05, 3.63) is 0 Å². The van der Waals surface area contributed by atoms with Crippen molar-refractivity contribution in [1.82, 2.24) is 10.2 Å². The molecule has 0 saturated carbocycles. The third-order valence-electron chi connectivity index (χ3n) is 3.11. The van der Waals surface area contributed by atoms with Gasteiger partial charge < -0.3 is 10.1 Å². The number of carbonyl (C=O) groups excluding carboxylic acids is 1. The molecule has 1 saturated heterocycles. The van der Waals surface area contributed by atoms with Crippen molar-refractivity contribution >= 4 is 17.7 Å². The molecule has 1 unspecified atom stereocenters. The highest BCUT2D eigenvalue weighted by molar-refractivity contribution is 7.99. The van der Waals surface area contributed by atoms with E-state index < -0.39 is 0 Å². The van der Waals surface area contributed by atoms with Crippen LogP contribution in [0.3, 0.4) is 0 Å². The highest BCUT2D eigenvalue weighted by Crippen LogP contribution is 2.13. The van der Waals surface area contributed by atoms with E-state index in [0.29, 0.717) is 6.61 Å². The molecule has 1 rings (SSSR count). The number of hydrogen-bond acceptors (Lipinski definition) is 5. The fraction of sp³-hybridized carbons (Fsp3) is 0.923. The van der Waals surface area contributed by atoms with Gasteiger partial charge in [-0.2, -0.15) is 11.8 Å². The summed E-state index contributed by atoms with van der Waals surface area (Å²) in [7, 11) is 0. The van der Waals surface area contributed by atoms with Crippen LogP contribution in [-0.4, -0.2) is 61.2 Å². The van der Waals surface area contributed by atoms with Gasteiger partial charge in [-0.1, -0.05) is 6.92 Å². The fourth-order valence-electron chi connectivity index (χ4n) is 2.21. The van der Waals surface area contributed by atoms with Crippen molar-refractivity contribution in [2.45, 2.75) is 32.7 Å². The zero-order valence-electron chi connectivity index (χ0n) is 11.6. The van der Waals surface area contributed by atoms with Gasteiger partial charge in [0.15, 0.2) is 0 Å². The molecule has 4 nitrogen and oxygen atoms in total. The highest BCUT2D eigenvalue weighted by Gasteiger charge is 2.27. The molecule has 1 aliphatic rings. The first-order chi connectivity index (χ1) is 8.79. The molecular formula is C13H26N2O2S. The molecule has 1 N–H and O–H groups in total. The Balaban J connectivity index is 2.52. The summed E-state index contributed by atoms with van der Waals surface area (Å²) in [4.78, 5) is 14.3. The minimum absolute atomic E-state index is 0.0453. The molecule has 106 valence electrons. The molecule has 18 heavy (non-hydrogen) atoms. The maximum absolute atomic E-state index is 12.1. The maximum atomic E-state index is 12.1. The number of nitrogens with one attached hydrogen (secondary N) is 1. The fourth-order valence-corrected chi connectivity index (χ4v) is 2.88. The van der Waals surface area contributed by atoms with E-state index in [2.05, 4.69) is 17.1 Å². The van der Waals surface area contributed by atoms with Crippen molar-refractivity contribution in [1.29, 1.82) is 0 Å². The molecule has 1 aliphatic heterocycles. The molecular weight excluding hydrogens is 248 g/mol. The van der Waals surface area contributed by atoms with Crippen molar-refractivity contribution in [3.8, 4) is 0 Å². The van der Waals surface area contributed by atoms with Crippen LogP contribution >= 0.6 is 11.8 Å². The number of esters is 1. The van der Waals surface area contributed by atoms with Crippen LogP contribution in [0.15, 0.2) is 0 Å². The Morgan fingerprint density at radius 1 is 1.39 bits per heavy atom. The number of rotatable bonds is 7. The molecule has 0 radical (unpaired) electrons. The Kier molecular flexibility index (Phi) is 8.46. The number of thioether (sulfide) groups is 1. The van der Waals surface area contributed by atoms with E-state index in [0.717, 1.165) is 50.5 Å². The van der Waals surface area contributed by atoms with Gasteiger partial charge in [0.1, 0.15) is 6.04 Å². The number of ether oxygens (including phenoxy) is 1. The molecule has 0 aliphatic carbocycles. The summed E-state index contributed by atoms with van der Waals surface area (Å²) in [6.45, 7) is 8.46. The third-order valence-corrected chi connectivity index (χ3v) is 4.05. The largest absolute Gasteiger partial charge is 0.465 e. The summed E-state index contributed by atoms with van der Waals surface area (Å²) in [6.07, 6.45) is 2.01. The van der Waals surface area contributed by atoms with Crippen LogP contribution in [0, 0.1) is 0 Å². The lowest BCUT2D eigenvalue weighted by molar-refractivity contribution is -0.149. The summed E-state index contributed by atoms with van der Waals surface area (Å²) in [5, 5.41) is 3.37. The summed E-state index contributed by atoms with van der Waals surface area (Å²) in [5.41, 5.74) is 0. The van der Waals surface area contributed by atoms with Crippen molar-refractivity contribution < 1.29 is 9.53 Å². The Bertz CT molecular complexity index is 231. The average Bonchev–Trinajstić information content (AvgIpc) is 2.63. The number of nitrogens with zero attached hydrogens (tertiary/aromatic N) is 1. The van der Waals surface area contributed by atoms with Crippen LogP contribution in [0.4, 0.5) is 0 Å². The van der Waals surface area contributed by atoms with E-state index in [1.165, 1.54) is 0 Å². The molecule has 0 aromatic carbocycles. The lowest BCUT2D eigenvalue weighted by Gasteiger charge is -2.28. The van der Waals surface area contributed by atoms with Gasteiger partial charge in [0, 0.05) is 19.6 Å². The molecule has 1 heterocycles. The van der Waals surface area contributed by atoms with Crippen LogP contribution in [0.2, 0.25) is 0 Å². The van der Waals surface area contributed by atoms with Crippen LogP contribution in [0.5, 0.6) is 0 Å². The van der Waals surface area contributed by atoms with Gasteiger partial charge in [0.25, 0.3) is 0 Å². The van der Waals surface area contributed by atoms with Crippen LogP contribution in [0.25, 0.3) is 0 Å². The van der Waals surface area contributed by atoms with Gasteiger partial charge in [-0.15, -0.1) is 0 Å². The Morgan fingerprint density at radius 2 is 2.22 bits per heavy atom. The Labute approximate surface area is 115 Å². The second-order valence-corrected chi connectivity index (χ2v) is 5.79.